The number of aromatic nitrogens is 2. The SMILES string of the molecule is Cc1nc(=O)n(CC(=O)N[C@@H](C)c2ccc(N3CCCCC3)cc2)c(C)c1C. The molecular formula is C22H30N4O2. The third-order valence-corrected chi connectivity index (χ3v) is 5.78. The largest absolute Gasteiger partial charge is 0.372 e. The normalized spacial score (nSPS) is 15.4. The summed E-state index contributed by atoms with van der Waals surface area (Å²) in [5.41, 5.74) is 4.34. The number of hydrogen-bond acceptors (Lipinski definition) is 4. The Morgan fingerprint density at radius 2 is 1.75 bits per heavy atom. The van der Waals surface area contributed by atoms with Gasteiger partial charge in [-0.05, 0) is 70.2 Å². The third kappa shape index (κ3) is 4.43. The van der Waals surface area contributed by atoms with Gasteiger partial charge < -0.3 is 10.2 Å². The maximum Gasteiger partial charge on any atom is 0.348 e. The number of hydrogen-bond donors (Lipinski definition) is 1. The van der Waals surface area contributed by atoms with Crippen molar-refractivity contribution in [2.75, 3.05) is 18.0 Å². The highest BCUT2D eigenvalue weighted by molar-refractivity contribution is 5.76. The van der Waals surface area contributed by atoms with Gasteiger partial charge in [0, 0.05) is 30.2 Å². The molecular weight excluding hydrogens is 352 g/mol. The molecule has 6 heteroatoms. The first kappa shape index (κ1) is 20.1. The third-order valence-electron chi connectivity index (χ3n) is 5.78. The van der Waals surface area contributed by atoms with Crippen LogP contribution in [0.3, 0.4) is 0 Å². The van der Waals surface area contributed by atoms with Crippen LogP contribution in [-0.2, 0) is 11.3 Å². The van der Waals surface area contributed by atoms with Gasteiger partial charge in [0.1, 0.15) is 6.54 Å². The quantitative estimate of drug-likeness (QED) is 0.863. The van der Waals surface area contributed by atoms with E-state index in [1.54, 1.807) is 0 Å². The summed E-state index contributed by atoms with van der Waals surface area (Å²) in [5, 5.41) is 2.99. The average Bonchev–Trinajstić information content (AvgIpc) is 2.70. The van der Waals surface area contributed by atoms with Crippen LogP contribution in [-0.4, -0.2) is 28.5 Å². The Kier molecular flexibility index (Phi) is 6.17. The molecule has 0 spiro atoms. The van der Waals surface area contributed by atoms with Crippen LogP contribution in [0.5, 0.6) is 0 Å². The van der Waals surface area contributed by atoms with Crippen molar-refractivity contribution in [3.05, 3.63) is 57.3 Å². The second-order valence-electron chi connectivity index (χ2n) is 7.70. The Bertz CT molecular complexity index is 896. The molecule has 0 saturated carbocycles. The highest BCUT2D eigenvalue weighted by Gasteiger charge is 2.15. The van der Waals surface area contributed by atoms with Crippen LogP contribution in [0.4, 0.5) is 5.69 Å². The van der Waals surface area contributed by atoms with E-state index in [4.69, 9.17) is 0 Å². The summed E-state index contributed by atoms with van der Waals surface area (Å²) in [4.78, 5) is 31.1. The minimum absolute atomic E-state index is 0.0189. The molecule has 1 atom stereocenters. The van der Waals surface area contributed by atoms with E-state index in [9.17, 15) is 9.59 Å². The fourth-order valence-electron chi connectivity index (χ4n) is 3.72. The van der Waals surface area contributed by atoms with Gasteiger partial charge in [0.15, 0.2) is 0 Å². The zero-order valence-electron chi connectivity index (χ0n) is 17.3. The molecule has 1 aromatic carbocycles. The lowest BCUT2D eigenvalue weighted by Gasteiger charge is -2.29. The smallest absolute Gasteiger partial charge is 0.348 e. The maximum absolute atomic E-state index is 12.5. The van der Waals surface area contributed by atoms with Crippen LogP contribution >= 0.6 is 0 Å². The first-order valence-electron chi connectivity index (χ1n) is 10.1. The lowest BCUT2D eigenvalue weighted by Crippen LogP contribution is -2.36. The molecule has 1 aromatic heterocycles. The molecule has 0 unspecified atom stereocenters. The number of amides is 1. The molecule has 1 fully saturated rings. The first-order chi connectivity index (χ1) is 13.4. The minimum Gasteiger partial charge on any atom is -0.372 e. The summed E-state index contributed by atoms with van der Waals surface area (Å²) in [6, 6.07) is 8.28. The van der Waals surface area contributed by atoms with E-state index >= 15 is 0 Å². The van der Waals surface area contributed by atoms with Crippen molar-refractivity contribution in [1.29, 1.82) is 0 Å². The number of nitrogens with zero attached hydrogens (tertiary/aromatic N) is 3. The van der Waals surface area contributed by atoms with Crippen molar-refractivity contribution in [3.63, 3.8) is 0 Å². The Hall–Kier alpha value is -2.63. The van der Waals surface area contributed by atoms with Crippen LogP contribution in [0.15, 0.2) is 29.1 Å². The van der Waals surface area contributed by atoms with Gasteiger partial charge >= 0.3 is 5.69 Å². The van der Waals surface area contributed by atoms with Gasteiger partial charge in [0.2, 0.25) is 5.91 Å². The standard InChI is InChI=1S/C22H30N4O2/c1-15-16(2)24-22(28)26(18(15)4)14-21(27)23-17(3)19-8-10-20(11-9-19)25-12-6-5-7-13-25/h8-11,17H,5-7,12-14H2,1-4H3,(H,23,27)/t17-/m0/s1. The van der Waals surface area contributed by atoms with Crippen LogP contribution < -0.4 is 15.9 Å². The van der Waals surface area contributed by atoms with Gasteiger partial charge in [-0.25, -0.2) is 4.79 Å². The summed E-state index contributed by atoms with van der Waals surface area (Å²) in [6.45, 7) is 9.74. The second kappa shape index (κ2) is 8.59. The molecule has 2 heterocycles. The Morgan fingerprint density at radius 1 is 1.11 bits per heavy atom. The van der Waals surface area contributed by atoms with Gasteiger partial charge in [-0.15, -0.1) is 0 Å². The zero-order valence-corrected chi connectivity index (χ0v) is 17.3. The van der Waals surface area contributed by atoms with Crippen LogP contribution in [0.2, 0.25) is 0 Å². The summed E-state index contributed by atoms with van der Waals surface area (Å²) in [5.74, 6) is -0.192. The maximum atomic E-state index is 12.5. The van der Waals surface area contributed by atoms with Crippen LogP contribution in [0.1, 0.15) is 54.7 Å². The topological polar surface area (TPSA) is 67.2 Å². The molecule has 0 radical (unpaired) electrons. The van der Waals surface area contributed by atoms with Crippen molar-refractivity contribution in [3.8, 4) is 0 Å². The second-order valence-corrected chi connectivity index (χ2v) is 7.70. The Morgan fingerprint density at radius 3 is 2.39 bits per heavy atom. The van der Waals surface area contributed by atoms with E-state index in [-0.39, 0.29) is 24.2 Å². The number of anilines is 1. The predicted octanol–water partition coefficient (Wildman–Crippen LogP) is 3.04. The predicted molar refractivity (Wildman–Crippen MR) is 112 cm³/mol. The number of benzene rings is 1. The van der Waals surface area contributed by atoms with E-state index in [2.05, 4.69) is 39.5 Å². The Labute approximate surface area is 166 Å². The van der Waals surface area contributed by atoms with Crippen LogP contribution in [0, 0.1) is 20.8 Å². The lowest BCUT2D eigenvalue weighted by molar-refractivity contribution is -0.122. The van der Waals surface area contributed by atoms with E-state index in [1.807, 2.05) is 27.7 Å². The molecule has 6 nitrogen and oxygen atoms in total. The number of aryl methyl sites for hydroxylation is 1. The zero-order chi connectivity index (χ0) is 20.3. The number of carbonyl (C=O) groups is 1. The highest BCUT2D eigenvalue weighted by Crippen LogP contribution is 2.22. The summed E-state index contributed by atoms with van der Waals surface area (Å²) >= 11 is 0. The van der Waals surface area contributed by atoms with Crippen molar-refractivity contribution in [2.45, 2.75) is 59.5 Å². The van der Waals surface area contributed by atoms with Crippen molar-refractivity contribution in [1.82, 2.24) is 14.9 Å². The first-order valence-corrected chi connectivity index (χ1v) is 10.1. The Balaban J connectivity index is 1.64. The van der Waals surface area contributed by atoms with Gasteiger partial charge in [-0.2, -0.15) is 4.98 Å². The molecule has 1 saturated heterocycles. The number of nitrogens with one attached hydrogen (secondary N) is 1. The molecule has 2 aromatic rings. The number of piperidine rings is 1. The van der Waals surface area contributed by atoms with E-state index in [1.165, 1.54) is 29.5 Å². The average molecular weight is 383 g/mol. The minimum atomic E-state index is -0.380. The molecule has 3 rings (SSSR count). The van der Waals surface area contributed by atoms with Crippen molar-refractivity contribution in [2.24, 2.45) is 0 Å². The summed E-state index contributed by atoms with van der Waals surface area (Å²) in [7, 11) is 0. The monoisotopic (exact) mass is 382 g/mol. The van der Waals surface area contributed by atoms with Gasteiger partial charge in [-0.3, -0.25) is 9.36 Å². The highest BCUT2D eigenvalue weighted by atomic mass is 16.2. The molecule has 1 amide bonds. The van der Waals surface area contributed by atoms with Gasteiger partial charge in [-0.1, -0.05) is 12.1 Å². The molecule has 1 aliphatic heterocycles. The van der Waals surface area contributed by atoms with E-state index in [0.717, 1.165) is 29.9 Å². The van der Waals surface area contributed by atoms with E-state index in [0.29, 0.717) is 5.69 Å². The summed E-state index contributed by atoms with van der Waals surface area (Å²) < 4.78 is 1.43. The molecule has 0 aliphatic carbocycles. The molecule has 150 valence electrons. The van der Waals surface area contributed by atoms with Gasteiger partial charge in [0.25, 0.3) is 0 Å². The van der Waals surface area contributed by atoms with Crippen LogP contribution in [0.25, 0.3) is 0 Å². The molecule has 0 bridgehead atoms. The number of rotatable bonds is 5. The fourth-order valence-corrected chi connectivity index (χ4v) is 3.72. The molecule has 1 aliphatic rings. The van der Waals surface area contributed by atoms with Crippen molar-refractivity contribution < 1.29 is 4.79 Å². The van der Waals surface area contributed by atoms with Gasteiger partial charge in [0.05, 0.1) is 6.04 Å². The van der Waals surface area contributed by atoms with E-state index < -0.39 is 0 Å². The molecule has 1 N–H and O–H groups in total. The summed E-state index contributed by atoms with van der Waals surface area (Å²) in [6.07, 6.45) is 3.82. The van der Waals surface area contributed by atoms with Crippen molar-refractivity contribution >= 4 is 11.6 Å². The lowest BCUT2D eigenvalue weighted by atomic mass is 10.1. The number of carbonyl (C=O) groups excluding carboxylic acids is 1. The molecule has 28 heavy (non-hydrogen) atoms. The fraction of sp³-hybridized carbons (Fsp3) is 0.500.